The molecule has 0 fully saturated rings. The van der Waals surface area contributed by atoms with Gasteiger partial charge < -0.3 is 9.84 Å². The van der Waals surface area contributed by atoms with Crippen molar-refractivity contribution in [3.8, 4) is 11.5 Å². The van der Waals surface area contributed by atoms with Crippen molar-refractivity contribution in [2.45, 2.75) is 25.9 Å². The summed E-state index contributed by atoms with van der Waals surface area (Å²) in [5.41, 5.74) is 0.621. The summed E-state index contributed by atoms with van der Waals surface area (Å²) in [4.78, 5) is 20.1. The average Bonchev–Trinajstić information content (AvgIpc) is 3.25. The zero-order valence-electron chi connectivity index (χ0n) is 12.2. The molecule has 0 spiro atoms. The number of nitrogens with zero attached hydrogens (tertiary/aromatic N) is 7. The van der Waals surface area contributed by atoms with E-state index in [9.17, 15) is 4.79 Å². The van der Waals surface area contributed by atoms with Crippen LogP contribution in [0, 0.1) is 0 Å². The monoisotopic (exact) mass is 314 g/mol. The summed E-state index contributed by atoms with van der Waals surface area (Å²) in [5.74, 6) is 0.628. The summed E-state index contributed by atoms with van der Waals surface area (Å²) in [6.45, 7) is 0.772. The van der Waals surface area contributed by atoms with Crippen LogP contribution in [0.5, 0.6) is 0 Å². The molecule has 1 N–H and O–H groups in total. The lowest BCUT2D eigenvalue weighted by Gasteiger charge is -2.02. The summed E-state index contributed by atoms with van der Waals surface area (Å²) >= 11 is 0. The number of carbonyl (C=O) groups excluding carboxylic acids is 1. The van der Waals surface area contributed by atoms with Crippen molar-refractivity contribution in [3.63, 3.8) is 0 Å². The Bertz CT molecular complexity index is 740. The Hall–Kier alpha value is -3.17. The minimum atomic E-state index is -0.101. The van der Waals surface area contributed by atoms with Gasteiger partial charge in [-0.3, -0.25) is 9.78 Å². The van der Waals surface area contributed by atoms with Gasteiger partial charge in [0.2, 0.25) is 17.6 Å². The van der Waals surface area contributed by atoms with Crippen LogP contribution in [0.3, 0.4) is 0 Å². The van der Waals surface area contributed by atoms with E-state index in [0.717, 1.165) is 0 Å². The lowest BCUT2D eigenvalue weighted by molar-refractivity contribution is -0.121. The number of aromatic nitrogens is 7. The Labute approximate surface area is 130 Å². The Morgan fingerprint density at radius 3 is 3.09 bits per heavy atom. The highest BCUT2D eigenvalue weighted by Crippen LogP contribution is 2.11. The molecule has 3 heterocycles. The number of hydrogen-bond donors (Lipinski definition) is 1. The molecular weight excluding hydrogens is 300 g/mol. The molecule has 23 heavy (non-hydrogen) atoms. The molecule has 0 radical (unpaired) electrons. The molecule has 10 heteroatoms. The molecule has 0 aliphatic carbocycles. The van der Waals surface area contributed by atoms with Crippen molar-refractivity contribution in [1.82, 2.24) is 40.6 Å². The topological polar surface area (TPSA) is 125 Å². The first-order valence-corrected chi connectivity index (χ1v) is 7.03. The number of tetrazole rings is 1. The molecule has 0 aliphatic heterocycles. The van der Waals surface area contributed by atoms with Gasteiger partial charge in [0.1, 0.15) is 12.0 Å². The van der Waals surface area contributed by atoms with E-state index in [1.54, 1.807) is 23.0 Å². The number of nitrogens with one attached hydrogen (secondary N) is 1. The minimum absolute atomic E-state index is 0.101. The van der Waals surface area contributed by atoms with Crippen LogP contribution in [0.25, 0.3) is 11.5 Å². The van der Waals surface area contributed by atoms with E-state index >= 15 is 0 Å². The molecule has 0 saturated heterocycles. The van der Waals surface area contributed by atoms with Crippen LogP contribution in [0.15, 0.2) is 35.2 Å². The van der Waals surface area contributed by atoms with Crippen molar-refractivity contribution in [2.75, 3.05) is 0 Å². The number of hydrogen-bond acceptors (Lipinski definition) is 8. The molecule has 3 aromatic heterocycles. The largest absolute Gasteiger partial charge is 0.347 e. The van der Waals surface area contributed by atoms with E-state index in [1.807, 2.05) is 6.07 Å². The number of pyridine rings is 1. The van der Waals surface area contributed by atoms with E-state index in [-0.39, 0.29) is 12.5 Å². The summed E-state index contributed by atoms with van der Waals surface area (Å²) in [5, 5.41) is 17.3. The fourth-order valence-electron chi connectivity index (χ4n) is 1.87. The van der Waals surface area contributed by atoms with Crippen LogP contribution in [-0.2, 0) is 17.9 Å². The Balaban J connectivity index is 1.43. The van der Waals surface area contributed by atoms with Gasteiger partial charge in [0.25, 0.3) is 0 Å². The second kappa shape index (κ2) is 7.20. The van der Waals surface area contributed by atoms with Crippen molar-refractivity contribution in [1.29, 1.82) is 0 Å². The summed E-state index contributed by atoms with van der Waals surface area (Å²) in [6.07, 6.45) is 4.16. The highest BCUT2D eigenvalue weighted by atomic mass is 16.5. The number of aryl methyl sites for hydroxylation is 1. The van der Waals surface area contributed by atoms with Gasteiger partial charge in [-0.05, 0) is 29.0 Å². The van der Waals surface area contributed by atoms with Crippen LogP contribution in [0.1, 0.15) is 18.7 Å². The summed E-state index contributed by atoms with van der Waals surface area (Å²) in [7, 11) is 0. The van der Waals surface area contributed by atoms with E-state index in [0.29, 0.717) is 36.8 Å². The van der Waals surface area contributed by atoms with Crippen LogP contribution in [0.4, 0.5) is 0 Å². The smallest absolute Gasteiger partial charge is 0.246 e. The van der Waals surface area contributed by atoms with Gasteiger partial charge in [0.15, 0.2) is 0 Å². The molecule has 0 saturated carbocycles. The molecule has 0 unspecified atom stereocenters. The van der Waals surface area contributed by atoms with Crippen molar-refractivity contribution in [2.24, 2.45) is 0 Å². The molecule has 1 amide bonds. The molecule has 0 bridgehead atoms. The van der Waals surface area contributed by atoms with E-state index < -0.39 is 0 Å². The second-order valence-corrected chi connectivity index (χ2v) is 4.68. The number of rotatable bonds is 7. The Morgan fingerprint density at radius 1 is 1.35 bits per heavy atom. The van der Waals surface area contributed by atoms with E-state index in [2.05, 4.69) is 36.0 Å². The van der Waals surface area contributed by atoms with Crippen LogP contribution in [-0.4, -0.2) is 41.2 Å². The van der Waals surface area contributed by atoms with Crippen molar-refractivity contribution in [3.05, 3.63) is 36.6 Å². The van der Waals surface area contributed by atoms with Gasteiger partial charge in [-0.15, -0.1) is 5.10 Å². The average molecular weight is 314 g/mol. The highest BCUT2D eigenvalue weighted by molar-refractivity contribution is 5.75. The van der Waals surface area contributed by atoms with Gasteiger partial charge in [-0.25, -0.2) is 4.68 Å². The van der Waals surface area contributed by atoms with Crippen molar-refractivity contribution < 1.29 is 9.32 Å². The van der Waals surface area contributed by atoms with Gasteiger partial charge in [0, 0.05) is 19.2 Å². The normalized spacial score (nSPS) is 10.6. The minimum Gasteiger partial charge on any atom is -0.347 e. The fourth-order valence-corrected chi connectivity index (χ4v) is 1.87. The summed E-state index contributed by atoms with van der Waals surface area (Å²) in [6, 6.07) is 5.43. The maximum absolute atomic E-state index is 11.7. The first-order valence-electron chi connectivity index (χ1n) is 7.03. The molecule has 10 nitrogen and oxygen atoms in total. The maximum Gasteiger partial charge on any atom is 0.246 e. The SMILES string of the molecule is O=C(CCCn1cnnn1)NCc1nc(-c2ccccn2)no1. The molecule has 3 aromatic rings. The van der Waals surface area contributed by atoms with E-state index in [1.165, 1.54) is 6.33 Å². The highest BCUT2D eigenvalue weighted by Gasteiger charge is 2.10. The first-order chi connectivity index (χ1) is 11.3. The molecule has 0 aliphatic rings. The Kier molecular flexibility index (Phi) is 4.62. The molecule has 118 valence electrons. The maximum atomic E-state index is 11.7. The molecule has 0 aromatic carbocycles. The third-order valence-electron chi connectivity index (χ3n) is 2.98. The predicted molar refractivity (Wildman–Crippen MR) is 76.4 cm³/mol. The first kappa shape index (κ1) is 14.8. The molecule has 3 rings (SSSR count). The third-order valence-corrected chi connectivity index (χ3v) is 2.98. The van der Waals surface area contributed by atoms with Gasteiger partial charge in [-0.2, -0.15) is 4.98 Å². The van der Waals surface area contributed by atoms with Crippen LogP contribution in [0.2, 0.25) is 0 Å². The predicted octanol–water partition coefficient (Wildman–Crippen LogP) is 0.215. The fraction of sp³-hybridized carbons (Fsp3) is 0.308. The lowest BCUT2D eigenvalue weighted by Crippen LogP contribution is -2.23. The number of carbonyl (C=O) groups is 1. The zero-order valence-corrected chi connectivity index (χ0v) is 12.2. The lowest BCUT2D eigenvalue weighted by atomic mass is 10.3. The Morgan fingerprint density at radius 2 is 2.30 bits per heavy atom. The zero-order chi connectivity index (χ0) is 15.9. The van der Waals surface area contributed by atoms with Gasteiger partial charge in [-0.1, -0.05) is 11.2 Å². The van der Waals surface area contributed by atoms with Gasteiger partial charge in [0.05, 0.1) is 6.54 Å². The number of amides is 1. The van der Waals surface area contributed by atoms with Crippen LogP contribution < -0.4 is 5.32 Å². The molecule has 0 atom stereocenters. The van der Waals surface area contributed by atoms with Crippen molar-refractivity contribution >= 4 is 5.91 Å². The second-order valence-electron chi connectivity index (χ2n) is 4.68. The third kappa shape index (κ3) is 4.15. The standard InChI is InChI=1S/C13H14N8O2/c22-11(5-3-7-21-9-16-19-20-21)15-8-12-17-13(18-23-12)10-4-1-2-6-14-10/h1-2,4,6,9H,3,5,7-8H2,(H,15,22). The van der Waals surface area contributed by atoms with Gasteiger partial charge >= 0.3 is 0 Å². The quantitative estimate of drug-likeness (QED) is 0.656. The van der Waals surface area contributed by atoms with E-state index in [4.69, 9.17) is 4.52 Å². The molecular formula is C13H14N8O2. The van der Waals surface area contributed by atoms with Crippen LogP contribution >= 0.6 is 0 Å². The summed E-state index contributed by atoms with van der Waals surface area (Å²) < 4.78 is 6.66.